The molecule has 0 aromatic rings. The maximum Gasteiger partial charge on any atom is 0.212 e. The Hall–Kier alpha value is 0.300. The van der Waals surface area contributed by atoms with Crippen molar-refractivity contribution in [1.29, 1.82) is 0 Å². The van der Waals surface area contributed by atoms with Crippen LogP contribution in [0.15, 0.2) is 0 Å². The highest BCUT2D eigenvalue weighted by molar-refractivity contribution is 7.63. The van der Waals surface area contributed by atoms with Crippen molar-refractivity contribution < 1.29 is 13.7 Å². The van der Waals surface area contributed by atoms with Gasteiger partial charge in [-0.1, -0.05) is 26.7 Å². The summed E-state index contributed by atoms with van der Waals surface area (Å²) in [6.45, 7) is 3.81. The van der Waals surface area contributed by atoms with E-state index in [1.807, 2.05) is 13.8 Å². The van der Waals surface area contributed by atoms with Crippen molar-refractivity contribution in [3.63, 3.8) is 0 Å². The first-order valence-corrected chi connectivity index (χ1v) is 6.18. The molecule has 0 amide bonds. The van der Waals surface area contributed by atoms with Gasteiger partial charge in [-0.2, -0.15) is 0 Å². The first-order chi connectivity index (χ1) is 5.70. The van der Waals surface area contributed by atoms with Crippen LogP contribution in [0.4, 0.5) is 0 Å². The van der Waals surface area contributed by atoms with Gasteiger partial charge in [0.25, 0.3) is 0 Å². The zero-order chi connectivity index (χ0) is 9.61. The second kappa shape index (κ2) is 5.86. The molecule has 0 saturated heterocycles. The van der Waals surface area contributed by atoms with Crippen LogP contribution in [0.1, 0.15) is 26.7 Å². The quantitative estimate of drug-likeness (QED) is 0.641. The van der Waals surface area contributed by atoms with Crippen LogP contribution in [0.3, 0.4) is 0 Å². The molecule has 12 heavy (non-hydrogen) atoms. The zero-order valence-electron chi connectivity index (χ0n) is 7.06. The number of hydrogen-bond acceptors (Lipinski definition) is 3. The molecule has 0 aromatic carbocycles. The highest BCUT2D eigenvalue weighted by atomic mass is 31.2. The zero-order valence-corrected chi connectivity index (χ0v) is 9.74. The van der Waals surface area contributed by atoms with Crippen LogP contribution in [-0.4, -0.2) is 4.64 Å². The lowest BCUT2D eigenvalue weighted by Gasteiger charge is -2.20. The van der Waals surface area contributed by atoms with E-state index in [4.69, 9.17) is 0 Å². The second-order valence-corrected chi connectivity index (χ2v) is 6.20. The third-order valence-corrected chi connectivity index (χ3v) is 5.31. The monoisotopic (exact) mass is 224 g/mol. The Balaban J connectivity index is 4.77. The van der Waals surface area contributed by atoms with Crippen LogP contribution in [0.2, 0.25) is 0 Å². The first-order valence-electron chi connectivity index (χ1n) is 3.74. The maximum absolute atomic E-state index is 10.7. The van der Waals surface area contributed by atoms with E-state index in [0.717, 1.165) is 12.8 Å². The van der Waals surface area contributed by atoms with E-state index in [-0.39, 0.29) is 31.3 Å². The average molecular weight is 224 g/mol. The lowest BCUT2D eigenvalue weighted by atomic mass is 10.1. The Bertz CT molecular complexity index is 157. The minimum atomic E-state index is -1.11. The molecule has 0 atom stereocenters. The largest absolute Gasteiger partial charge is 0.273 e. The smallest absolute Gasteiger partial charge is 0.212 e. The summed E-state index contributed by atoms with van der Waals surface area (Å²) in [4.78, 5) is 0. The molecule has 0 bridgehead atoms. The maximum atomic E-state index is 10.7. The second-order valence-electron chi connectivity index (χ2n) is 2.47. The Morgan fingerprint density at radius 3 is 1.42 bits per heavy atom. The topological polar surface area (TPSA) is 51.2 Å². The van der Waals surface area contributed by atoms with Crippen molar-refractivity contribution in [1.82, 2.24) is 0 Å². The number of hydrogen-bond donors (Lipinski definition) is 0. The molecule has 0 unspecified atom stereocenters. The minimum absolute atomic E-state index is 0.0324. The molecule has 0 aromatic heterocycles. The molecular weight excluding hydrogens is 213 g/mol. The van der Waals surface area contributed by atoms with Gasteiger partial charge in [0.05, 0.1) is 0 Å². The third-order valence-electron chi connectivity index (χ3n) is 1.94. The predicted octanol–water partition coefficient (Wildman–Crippen LogP) is 3.95. The van der Waals surface area contributed by atoms with Crippen molar-refractivity contribution >= 4 is 25.4 Å². The van der Waals surface area contributed by atoms with Crippen molar-refractivity contribution in [2.45, 2.75) is 31.3 Å². The molecule has 0 radical (unpaired) electrons. The normalized spacial score (nSPS) is 17.2. The molecule has 0 fully saturated rings. The van der Waals surface area contributed by atoms with Gasteiger partial charge in [-0.3, -0.25) is 13.7 Å². The highest BCUT2D eigenvalue weighted by Crippen LogP contribution is 2.52. The predicted molar refractivity (Wildman–Crippen MR) is 49.6 cm³/mol. The third kappa shape index (κ3) is 2.39. The van der Waals surface area contributed by atoms with Gasteiger partial charge in [0.1, 0.15) is 0 Å². The van der Waals surface area contributed by atoms with Gasteiger partial charge >= 0.3 is 0 Å². The van der Waals surface area contributed by atoms with Crippen molar-refractivity contribution in [3.05, 3.63) is 0 Å². The van der Waals surface area contributed by atoms with E-state index in [0.29, 0.717) is 0 Å². The first kappa shape index (κ1) is 12.3. The van der Waals surface area contributed by atoms with Crippen LogP contribution < -0.4 is 0 Å². The lowest BCUT2D eigenvalue weighted by molar-refractivity contribution is 0.476. The van der Waals surface area contributed by atoms with Gasteiger partial charge in [-0.25, -0.2) is 0 Å². The van der Waals surface area contributed by atoms with Gasteiger partial charge < -0.3 is 0 Å². The van der Waals surface area contributed by atoms with E-state index in [1.54, 1.807) is 0 Å². The average Bonchev–Trinajstić information content (AvgIpc) is 2.14. The fraction of sp³-hybridized carbons (Fsp3) is 1.00. The molecule has 0 saturated carbocycles. The van der Waals surface area contributed by atoms with E-state index in [2.05, 4.69) is 0 Å². The molecule has 0 spiro atoms. The van der Waals surface area contributed by atoms with Gasteiger partial charge in [0, 0.05) is 0 Å². The Morgan fingerprint density at radius 2 is 1.33 bits per heavy atom. The Labute approximate surface area is 76.9 Å². The summed E-state index contributed by atoms with van der Waals surface area (Å²) >= 11 is 0. The van der Waals surface area contributed by atoms with Crippen molar-refractivity contribution in [3.8, 4) is 0 Å². The van der Waals surface area contributed by atoms with E-state index in [9.17, 15) is 13.7 Å². The van der Waals surface area contributed by atoms with Gasteiger partial charge in [0.15, 0.2) is 25.4 Å². The van der Waals surface area contributed by atoms with Gasteiger partial charge in [-0.05, 0) is 5.92 Å². The molecule has 0 aliphatic rings. The summed E-state index contributed by atoms with van der Waals surface area (Å²) in [5, 5.41) is 0. The molecular formula is C6H11O3P3. The van der Waals surface area contributed by atoms with E-state index >= 15 is 0 Å². The Morgan fingerprint density at radius 1 is 1.00 bits per heavy atom. The summed E-state index contributed by atoms with van der Waals surface area (Å²) in [5.41, 5.74) is 0. The molecule has 0 rings (SSSR count). The fourth-order valence-corrected chi connectivity index (χ4v) is 3.05. The van der Waals surface area contributed by atoms with Crippen LogP contribution in [-0.2, 0) is 13.7 Å². The van der Waals surface area contributed by atoms with Crippen molar-refractivity contribution in [2.24, 2.45) is 5.92 Å². The SMILES string of the molecule is CCC(CC)C(P=O)(P=O)P=O. The van der Waals surface area contributed by atoms with E-state index < -0.39 is 4.64 Å². The molecule has 0 heterocycles. The standard InChI is InChI=1S/C6H11O3P3/c1-3-5(4-2)6(10-7,11-8)12-9/h5H,3-4H2,1-2H3. The van der Waals surface area contributed by atoms with Crippen LogP contribution in [0.25, 0.3) is 0 Å². The minimum Gasteiger partial charge on any atom is -0.273 e. The summed E-state index contributed by atoms with van der Waals surface area (Å²) in [5.74, 6) is -0.0324. The van der Waals surface area contributed by atoms with Gasteiger partial charge in [0.2, 0.25) is 4.64 Å². The Kier molecular flexibility index (Phi) is 6.01. The highest BCUT2D eigenvalue weighted by Gasteiger charge is 2.40. The lowest BCUT2D eigenvalue weighted by Crippen LogP contribution is -2.17. The van der Waals surface area contributed by atoms with E-state index in [1.165, 1.54) is 0 Å². The molecule has 0 N–H and O–H groups in total. The summed E-state index contributed by atoms with van der Waals surface area (Å²) < 4.78 is 31.1. The summed E-state index contributed by atoms with van der Waals surface area (Å²) in [6, 6.07) is 0. The summed E-state index contributed by atoms with van der Waals surface area (Å²) in [7, 11) is -0.917. The van der Waals surface area contributed by atoms with Crippen molar-refractivity contribution in [2.75, 3.05) is 0 Å². The van der Waals surface area contributed by atoms with Crippen LogP contribution in [0.5, 0.6) is 0 Å². The molecule has 0 aliphatic heterocycles. The molecule has 6 heteroatoms. The molecule has 3 nitrogen and oxygen atoms in total. The molecule has 68 valence electrons. The summed E-state index contributed by atoms with van der Waals surface area (Å²) in [6.07, 6.45) is 1.46. The van der Waals surface area contributed by atoms with Crippen LogP contribution in [0, 0.1) is 5.92 Å². The fourth-order valence-electron chi connectivity index (χ4n) is 1.11. The van der Waals surface area contributed by atoms with Gasteiger partial charge in [-0.15, -0.1) is 0 Å². The molecule has 0 aliphatic carbocycles. The number of rotatable bonds is 6. The van der Waals surface area contributed by atoms with Crippen LogP contribution >= 0.6 is 25.4 Å².